The number of unbranched alkanes of at least 4 members (excludes halogenated alkanes) is 2. The number of amides is 3. The summed E-state index contributed by atoms with van der Waals surface area (Å²) in [6, 6.07) is 8.91. The van der Waals surface area contributed by atoms with Crippen molar-refractivity contribution in [2.75, 3.05) is 19.7 Å². The Hall–Kier alpha value is -2.45. The summed E-state index contributed by atoms with van der Waals surface area (Å²) in [5, 5.41) is 15.2. The van der Waals surface area contributed by atoms with Crippen LogP contribution in [0.3, 0.4) is 0 Å². The molecule has 8 heteroatoms. The van der Waals surface area contributed by atoms with E-state index >= 15 is 0 Å². The van der Waals surface area contributed by atoms with Crippen molar-refractivity contribution in [3.63, 3.8) is 0 Å². The van der Waals surface area contributed by atoms with Crippen LogP contribution in [0.15, 0.2) is 30.3 Å². The lowest BCUT2D eigenvalue weighted by atomic mass is 9.65. The van der Waals surface area contributed by atoms with Crippen LogP contribution in [-0.2, 0) is 25.7 Å². The molecule has 192 valence electrons. The normalized spacial score (nSPS) is 31.0. The highest BCUT2D eigenvalue weighted by Crippen LogP contribution is 2.64. The van der Waals surface area contributed by atoms with E-state index in [2.05, 4.69) is 10.6 Å². The second kappa shape index (κ2) is 10.7. The molecule has 3 amide bonds. The number of carbonyl (C=O) groups is 3. The molecule has 1 aromatic rings. The summed E-state index contributed by atoms with van der Waals surface area (Å²) in [5.74, 6) is -1.77. The molecule has 3 heterocycles. The number of likely N-dealkylation sites (tertiary alicyclic amines) is 1. The molecule has 3 N–H and O–H groups in total. The fraction of sp³-hybridized carbons (Fsp3) is 0.667. The lowest BCUT2D eigenvalue weighted by Crippen LogP contribution is -2.55. The van der Waals surface area contributed by atoms with Gasteiger partial charge in [-0.15, -0.1) is 0 Å². The van der Waals surface area contributed by atoms with Crippen LogP contribution in [-0.4, -0.2) is 64.7 Å². The third-order valence-electron chi connectivity index (χ3n) is 8.13. The van der Waals surface area contributed by atoms with Gasteiger partial charge in [-0.3, -0.25) is 14.4 Å². The number of aliphatic hydroxyl groups is 1. The Kier molecular flexibility index (Phi) is 7.81. The van der Waals surface area contributed by atoms with E-state index in [1.54, 1.807) is 4.90 Å². The molecule has 2 bridgehead atoms. The van der Waals surface area contributed by atoms with Crippen LogP contribution in [0.5, 0.6) is 0 Å². The van der Waals surface area contributed by atoms with Gasteiger partial charge in [-0.2, -0.15) is 0 Å². The zero-order chi connectivity index (χ0) is 25.1. The van der Waals surface area contributed by atoms with E-state index in [4.69, 9.17) is 9.84 Å². The number of ether oxygens (including phenoxy) is 1. The molecule has 3 aliphatic heterocycles. The van der Waals surface area contributed by atoms with Gasteiger partial charge < -0.3 is 25.4 Å². The van der Waals surface area contributed by atoms with Crippen molar-refractivity contribution in [2.24, 2.45) is 11.8 Å². The Morgan fingerprint density at radius 3 is 2.54 bits per heavy atom. The molecule has 0 saturated carbocycles. The highest BCUT2D eigenvalue weighted by Gasteiger charge is 2.78. The Morgan fingerprint density at radius 2 is 1.86 bits per heavy atom. The van der Waals surface area contributed by atoms with E-state index in [0.29, 0.717) is 51.7 Å². The molecule has 3 fully saturated rings. The molecule has 2 unspecified atom stereocenters. The molecule has 4 rings (SSSR count). The quantitative estimate of drug-likeness (QED) is 0.393. The smallest absolute Gasteiger partial charge is 0.246 e. The standard InChI is InChI=1S/C27H39N3O5/c1-3-15-28-23(32)20-21-25(34)30(16-9-6-10-17-31)22(27(21)14-13-26(20,4-2)35-27)24(33)29-18-19-11-7-5-8-12-19/h5,7-8,11-12,20-22,31H,3-4,6,9-10,13-18H2,1-2H3,(H,28,32)(H,29,33)/t20-,21-,22?,26+,27?/m0/s1. The summed E-state index contributed by atoms with van der Waals surface area (Å²) < 4.78 is 6.72. The fourth-order valence-electron chi connectivity index (χ4n) is 6.47. The average molecular weight is 486 g/mol. The van der Waals surface area contributed by atoms with Gasteiger partial charge in [-0.1, -0.05) is 44.2 Å². The Labute approximate surface area is 207 Å². The minimum atomic E-state index is -0.987. The number of hydrogen-bond acceptors (Lipinski definition) is 5. The molecule has 1 spiro atoms. The maximum atomic E-state index is 13.9. The van der Waals surface area contributed by atoms with Crippen LogP contribution in [0.2, 0.25) is 0 Å². The fourth-order valence-corrected chi connectivity index (χ4v) is 6.47. The predicted octanol–water partition coefficient (Wildman–Crippen LogP) is 2.15. The average Bonchev–Trinajstić information content (AvgIpc) is 3.48. The highest BCUT2D eigenvalue weighted by molar-refractivity contribution is 5.99. The molecule has 0 radical (unpaired) electrons. The summed E-state index contributed by atoms with van der Waals surface area (Å²) in [4.78, 5) is 42.6. The van der Waals surface area contributed by atoms with Crippen molar-refractivity contribution >= 4 is 17.7 Å². The van der Waals surface area contributed by atoms with Crippen LogP contribution >= 0.6 is 0 Å². The van der Waals surface area contributed by atoms with Gasteiger partial charge in [0.2, 0.25) is 17.7 Å². The number of carbonyl (C=O) groups excluding carboxylic acids is 3. The molecular weight excluding hydrogens is 446 g/mol. The molecule has 5 atom stereocenters. The maximum absolute atomic E-state index is 13.9. The van der Waals surface area contributed by atoms with Crippen LogP contribution in [0.4, 0.5) is 0 Å². The first-order chi connectivity index (χ1) is 16.9. The topological polar surface area (TPSA) is 108 Å². The van der Waals surface area contributed by atoms with Crippen molar-refractivity contribution in [1.29, 1.82) is 0 Å². The number of benzene rings is 1. The minimum absolute atomic E-state index is 0.101. The molecule has 3 aliphatic rings. The Morgan fingerprint density at radius 1 is 1.09 bits per heavy atom. The monoisotopic (exact) mass is 485 g/mol. The summed E-state index contributed by atoms with van der Waals surface area (Å²) in [6.45, 7) is 5.42. The second-order valence-corrected chi connectivity index (χ2v) is 10.1. The van der Waals surface area contributed by atoms with Crippen LogP contribution < -0.4 is 10.6 Å². The molecule has 0 aliphatic carbocycles. The van der Waals surface area contributed by atoms with Gasteiger partial charge in [-0.05, 0) is 50.5 Å². The third kappa shape index (κ3) is 4.47. The van der Waals surface area contributed by atoms with Gasteiger partial charge in [0.25, 0.3) is 0 Å². The summed E-state index contributed by atoms with van der Waals surface area (Å²) >= 11 is 0. The molecule has 3 saturated heterocycles. The predicted molar refractivity (Wildman–Crippen MR) is 131 cm³/mol. The minimum Gasteiger partial charge on any atom is -0.396 e. The molecule has 35 heavy (non-hydrogen) atoms. The van der Waals surface area contributed by atoms with Gasteiger partial charge in [0.05, 0.1) is 17.4 Å². The Balaban J connectivity index is 1.64. The first-order valence-corrected chi connectivity index (χ1v) is 13.1. The van der Waals surface area contributed by atoms with E-state index in [0.717, 1.165) is 18.4 Å². The second-order valence-electron chi connectivity index (χ2n) is 10.1. The van der Waals surface area contributed by atoms with E-state index in [1.807, 2.05) is 44.2 Å². The maximum Gasteiger partial charge on any atom is 0.246 e. The number of nitrogens with one attached hydrogen (secondary N) is 2. The van der Waals surface area contributed by atoms with Crippen molar-refractivity contribution in [1.82, 2.24) is 15.5 Å². The molecule has 0 aromatic heterocycles. The van der Waals surface area contributed by atoms with Gasteiger partial charge in [0.1, 0.15) is 11.6 Å². The van der Waals surface area contributed by atoms with Crippen molar-refractivity contribution < 1.29 is 24.2 Å². The number of fused-ring (bicyclic) bond motifs is 1. The van der Waals surface area contributed by atoms with E-state index in [1.165, 1.54) is 0 Å². The first kappa shape index (κ1) is 25.6. The lowest BCUT2D eigenvalue weighted by molar-refractivity contribution is -0.147. The SMILES string of the molecule is CCCNC(=O)[C@@H]1[C@H]2C(=O)N(CCCCCO)C(C(=O)NCc3ccccc3)C23CC[C@@]1(CC)O3. The molecule has 8 nitrogen and oxygen atoms in total. The van der Waals surface area contributed by atoms with Crippen molar-refractivity contribution in [3.05, 3.63) is 35.9 Å². The zero-order valence-electron chi connectivity index (χ0n) is 20.9. The van der Waals surface area contributed by atoms with Gasteiger partial charge in [0, 0.05) is 26.2 Å². The zero-order valence-corrected chi connectivity index (χ0v) is 20.9. The largest absolute Gasteiger partial charge is 0.396 e. The third-order valence-corrected chi connectivity index (χ3v) is 8.13. The van der Waals surface area contributed by atoms with Gasteiger partial charge in [-0.25, -0.2) is 0 Å². The van der Waals surface area contributed by atoms with Crippen LogP contribution in [0, 0.1) is 11.8 Å². The lowest BCUT2D eigenvalue weighted by Gasteiger charge is -2.34. The number of rotatable bonds is 12. The van der Waals surface area contributed by atoms with E-state index < -0.39 is 29.1 Å². The summed E-state index contributed by atoms with van der Waals surface area (Å²) in [5.41, 5.74) is -0.717. The van der Waals surface area contributed by atoms with Crippen molar-refractivity contribution in [3.8, 4) is 0 Å². The van der Waals surface area contributed by atoms with Crippen LogP contribution in [0.1, 0.15) is 64.4 Å². The van der Waals surface area contributed by atoms with E-state index in [9.17, 15) is 14.4 Å². The first-order valence-electron chi connectivity index (χ1n) is 13.1. The van der Waals surface area contributed by atoms with Crippen LogP contribution in [0.25, 0.3) is 0 Å². The highest BCUT2D eigenvalue weighted by atomic mass is 16.5. The van der Waals surface area contributed by atoms with Crippen molar-refractivity contribution in [2.45, 2.75) is 82.6 Å². The molecule has 1 aromatic carbocycles. The Bertz CT molecular complexity index is 925. The molecular formula is C27H39N3O5. The number of nitrogens with zero attached hydrogens (tertiary/aromatic N) is 1. The van der Waals surface area contributed by atoms with Gasteiger partial charge >= 0.3 is 0 Å². The van der Waals surface area contributed by atoms with E-state index in [-0.39, 0.29) is 24.3 Å². The number of hydrogen-bond donors (Lipinski definition) is 3. The number of aliphatic hydroxyl groups excluding tert-OH is 1. The summed E-state index contributed by atoms with van der Waals surface area (Å²) in [7, 11) is 0. The summed E-state index contributed by atoms with van der Waals surface area (Å²) in [6.07, 6.45) is 4.78. The van der Waals surface area contributed by atoms with Gasteiger partial charge in [0.15, 0.2) is 0 Å².